The first kappa shape index (κ1) is 19.0. The van der Waals surface area contributed by atoms with E-state index in [4.69, 9.17) is 9.47 Å². The monoisotopic (exact) mass is 349 g/mol. The van der Waals surface area contributed by atoms with Gasteiger partial charge in [0.05, 0.1) is 7.11 Å². The molecule has 134 valence electrons. The molecule has 0 radical (unpaired) electrons. The number of methoxy groups -OCH3 is 1. The second-order valence-electron chi connectivity index (χ2n) is 7.80. The Hall–Kier alpha value is -1.33. The van der Waals surface area contributed by atoms with E-state index in [1.54, 1.807) is 12.0 Å². The summed E-state index contributed by atoms with van der Waals surface area (Å²) in [6.45, 7) is 8.04. The van der Waals surface area contributed by atoms with Crippen LogP contribution < -0.4 is 9.64 Å². The number of hydrogen-bond donors (Lipinski definition) is 0. The Kier molecular flexibility index (Phi) is 6.86. The summed E-state index contributed by atoms with van der Waals surface area (Å²) in [6.07, 6.45) is 4.29. The molecule has 1 aliphatic rings. The van der Waals surface area contributed by atoms with Gasteiger partial charge in [0.25, 0.3) is 0 Å². The third-order valence-corrected chi connectivity index (χ3v) is 6.26. The van der Waals surface area contributed by atoms with Gasteiger partial charge in [-0.25, -0.2) is 0 Å². The highest BCUT2D eigenvalue weighted by Crippen LogP contribution is 2.30. The molecule has 2 rings (SSSR count). The first-order chi connectivity index (χ1) is 11.4. The van der Waals surface area contributed by atoms with Crippen molar-refractivity contribution >= 4 is 19.7 Å². The van der Waals surface area contributed by atoms with Gasteiger partial charge < -0.3 is 9.47 Å². The average Bonchev–Trinajstić information content (AvgIpc) is 3.08. The fourth-order valence-electron chi connectivity index (χ4n) is 2.97. The number of amides is 1. The van der Waals surface area contributed by atoms with Crippen LogP contribution in [0.25, 0.3) is 0 Å². The van der Waals surface area contributed by atoms with Crippen LogP contribution in [-0.2, 0) is 9.53 Å². The van der Waals surface area contributed by atoms with Crippen molar-refractivity contribution in [1.29, 1.82) is 0 Å². The van der Waals surface area contributed by atoms with Crippen molar-refractivity contribution in [2.24, 2.45) is 5.92 Å². The summed E-state index contributed by atoms with van der Waals surface area (Å²) in [5, 5.41) is 0. The number of benzene rings is 1. The lowest BCUT2D eigenvalue weighted by atomic mass is 10.1. The lowest BCUT2D eigenvalue weighted by molar-refractivity contribution is -0.123. The van der Waals surface area contributed by atoms with Crippen LogP contribution in [0, 0.1) is 5.92 Å². The van der Waals surface area contributed by atoms with E-state index in [0.29, 0.717) is 13.3 Å². The zero-order valence-electron chi connectivity index (χ0n) is 15.5. The van der Waals surface area contributed by atoms with Gasteiger partial charge in [0, 0.05) is 32.4 Å². The largest absolute Gasteiger partial charge is 0.497 e. The first-order valence-corrected chi connectivity index (χ1v) is 12.6. The van der Waals surface area contributed by atoms with Crippen LogP contribution in [0.1, 0.15) is 25.7 Å². The molecule has 0 atom stereocenters. The van der Waals surface area contributed by atoms with Crippen molar-refractivity contribution < 1.29 is 14.3 Å². The lowest BCUT2D eigenvalue weighted by Crippen LogP contribution is -2.37. The summed E-state index contributed by atoms with van der Waals surface area (Å²) < 4.78 is 11.2. The summed E-state index contributed by atoms with van der Waals surface area (Å²) in [5.74, 6) is 1.09. The SMILES string of the molecule is COc1cccc(N(COCC[Si](C)(C)C)C(=O)C2CCCC2)c1. The van der Waals surface area contributed by atoms with E-state index in [-0.39, 0.29) is 11.8 Å². The molecule has 0 unspecified atom stereocenters. The standard InChI is InChI=1S/C19H31NO3Si/c1-22-18-11-7-10-17(14-18)20(15-23-12-13-24(2,3)4)19(21)16-8-5-6-9-16/h7,10-11,14,16H,5-6,8-9,12-13,15H2,1-4H3. The molecular formula is C19H31NO3Si. The molecule has 4 nitrogen and oxygen atoms in total. The summed E-state index contributed by atoms with van der Waals surface area (Å²) >= 11 is 0. The highest BCUT2D eigenvalue weighted by Gasteiger charge is 2.28. The Balaban J connectivity index is 2.07. The van der Waals surface area contributed by atoms with E-state index in [1.807, 2.05) is 24.3 Å². The minimum absolute atomic E-state index is 0.136. The molecule has 1 aromatic rings. The zero-order valence-corrected chi connectivity index (χ0v) is 16.5. The maximum atomic E-state index is 13.0. The van der Waals surface area contributed by atoms with Gasteiger partial charge in [-0.15, -0.1) is 0 Å². The molecule has 0 heterocycles. The van der Waals surface area contributed by atoms with Gasteiger partial charge in [0.1, 0.15) is 12.5 Å². The fourth-order valence-corrected chi connectivity index (χ4v) is 3.73. The lowest BCUT2D eigenvalue weighted by Gasteiger charge is -2.26. The predicted molar refractivity (Wildman–Crippen MR) is 101 cm³/mol. The number of nitrogens with zero attached hydrogens (tertiary/aromatic N) is 1. The number of carbonyl (C=O) groups is 1. The summed E-state index contributed by atoms with van der Waals surface area (Å²) in [5.41, 5.74) is 0.860. The van der Waals surface area contributed by atoms with Gasteiger partial charge in [0.2, 0.25) is 5.91 Å². The van der Waals surface area contributed by atoms with Crippen LogP contribution in [0.2, 0.25) is 25.7 Å². The maximum Gasteiger partial charge on any atom is 0.231 e. The van der Waals surface area contributed by atoms with Gasteiger partial charge in [-0.3, -0.25) is 9.69 Å². The molecule has 0 saturated heterocycles. The number of hydrogen-bond acceptors (Lipinski definition) is 3. The van der Waals surface area contributed by atoms with Crippen molar-refractivity contribution in [2.45, 2.75) is 51.4 Å². The van der Waals surface area contributed by atoms with Crippen molar-refractivity contribution in [2.75, 3.05) is 25.3 Å². The molecular weight excluding hydrogens is 318 g/mol. The highest BCUT2D eigenvalue weighted by atomic mass is 28.3. The van der Waals surface area contributed by atoms with E-state index >= 15 is 0 Å². The van der Waals surface area contributed by atoms with Gasteiger partial charge >= 0.3 is 0 Å². The minimum Gasteiger partial charge on any atom is -0.497 e. The molecule has 1 amide bonds. The van der Waals surface area contributed by atoms with Crippen molar-refractivity contribution in [3.8, 4) is 5.75 Å². The molecule has 0 aliphatic heterocycles. The van der Waals surface area contributed by atoms with Gasteiger partial charge in [0.15, 0.2) is 0 Å². The van der Waals surface area contributed by atoms with E-state index in [1.165, 1.54) is 0 Å². The maximum absolute atomic E-state index is 13.0. The van der Waals surface area contributed by atoms with Gasteiger partial charge in [-0.05, 0) is 31.0 Å². The first-order valence-electron chi connectivity index (χ1n) is 8.94. The van der Waals surface area contributed by atoms with Gasteiger partial charge in [-0.1, -0.05) is 38.5 Å². The summed E-state index contributed by atoms with van der Waals surface area (Å²) in [7, 11) is 0.521. The fraction of sp³-hybridized carbons (Fsp3) is 0.632. The Morgan fingerprint density at radius 1 is 1.25 bits per heavy atom. The molecule has 1 aromatic carbocycles. The second kappa shape index (κ2) is 8.67. The van der Waals surface area contributed by atoms with Crippen molar-refractivity contribution in [3.63, 3.8) is 0 Å². The van der Waals surface area contributed by atoms with Crippen LogP contribution in [0.15, 0.2) is 24.3 Å². The normalized spacial score (nSPS) is 15.5. The Labute approximate surface area is 147 Å². The molecule has 5 heteroatoms. The quantitative estimate of drug-likeness (QED) is 0.393. The van der Waals surface area contributed by atoms with E-state index in [0.717, 1.165) is 43.2 Å². The van der Waals surface area contributed by atoms with E-state index in [2.05, 4.69) is 19.6 Å². The third-order valence-electron chi connectivity index (χ3n) is 4.55. The molecule has 0 aromatic heterocycles. The Morgan fingerprint density at radius 2 is 1.96 bits per heavy atom. The smallest absolute Gasteiger partial charge is 0.231 e. The molecule has 24 heavy (non-hydrogen) atoms. The van der Waals surface area contributed by atoms with Gasteiger partial charge in [-0.2, -0.15) is 0 Å². The third kappa shape index (κ3) is 5.63. The van der Waals surface area contributed by atoms with Crippen molar-refractivity contribution in [3.05, 3.63) is 24.3 Å². The summed E-state index contributed by atoms with van der Waals surface area (Å²) in [6, 6.07) is 8.79. The molecule has 1 fully saturated rings. The molecule has 0 bridgehead atoms. The minimum atomic E-state index is -1.12. The zero-order chi connectivity index (χ0) is 17.6. The number of rotatable bonds is 8. The molecule has 1 aliphatic carbocycles. The molecule has 0 spiro atoms. The molecule has 1 saturated carbocycles. The number of carbonyl (C=O) groups excluding carboxylic acids is 1. The van der Waals surface area contributed by atoms with Crippen LogP contribution in [0.3, 0.4) is 0 Å². The predicted octanol–water partition coefficient (Wildman–Crippen LogP) is 4.53. The highest BCUT2D eigenvalue weighted by molar-refractivity contribution is 6.76. The topological polar surface area (TPSA) is 38.8 Å². The van der Waals surface area contributed by atoms with Crippen LogP contribution in [0.4, 0.5) is 5.69 Å². The van der Waals surface area contributed by atoms with E-state index in [9.17, 15) is 4.79 Å². The number of ether oxygens (including phenoxy) is 2. The average molecular weight is 350 g/mol. The van der Waals surface area contributed by atoms with Crippen molar-refractivity contribution in [1.82, 2.24) is 0 Å². The van der Waals surface area contributed by atoms with Crippen LogP contribution in [-0.4, -0.2) is 34.4 Å². The van der Waals surface area contributed by atoms with E-state index < -0.39 is 8.07 Å². The number of anilines is 1. The Bertz CT molecular complexity index is 536. The molecule has 0 N–H and O–H groups in total. The van der Waals surface area contributed by atoms with Crippen LogP contribution >= 0.6 is 0 Å². The second-order valence-corrected chi connectivity index (χ2v) is 13.4. The Morgan fingerprint density at radius 3 is 2.58 bits per heavy atom. The summed E-state index contributed by atoms with van der Waals surface area (Å²) in [4.78, 5) is 14.7. The van der Waals surface area contributed by atoms with Crippen LogP contribution in [0.5, 0.6) is 5.75 Å².